The van der Waals surface area contributed by atoms with Gasteiger partial charge in [-0.15, -0.1) is 0 Å². The fourth-order valence-corrected chi connectivity index (χ4v) is 4.06. The topological polar surface area (TPSA) is 30.5 Å². The van der Waals surface area contributed by atoms with Crippen LogP contribution in [0, 0.1) is 5.92 Å². The van der Waals surface area contributed by atoms with E-state index in [4.69, 9.17) is 9.47 Å². The Bertz CT molecular complexity index is 256. The second-order valence-corrected chi connectivity index (χ2v) is 6.47. The molecule has 2 aliphatic rings. The van der Waals surface area contributed by atoms with Crippen molar-refractivity contribution in [3.63, 3.8) is 0 Å². The van der Waals surface area contributed by atoms with Crippen molar-refractivity contribution >= 4 is 0 Å². The van der Waals surface area contributed by atoms with Gasteiger partial charge in [-0.3, -0.25) is 0 Å². The lowest BCUT2D eigenvalue weighted by molar-refractivity contribution is -0.0903. The third-order valence-electron chi connectivity index (χ3n) is 5.00. The van der Waals surface area contributed by atoms with E-state index in [0.29, 0.717) is 12.0 Å². The Kier molecular flexibility index (Phi) is 6.79. The molecule has 3 nitrogen and oxygen atoms in total. The molecular weight excluding hydrogens is 250 g/mol. The summed E-state index contributed by atoms with van der Waals surface area (Å²) >= 11 is 0. The van der Waals surface area contributed by atoms with Crippen molar-refractivity contribution in [2.75, 3.05) is 26.4 Å². The molecule has 0 amide bonds. The Balaban J connectivity index is 2.14. The Hall–Kier alpha value is -0.120. The van der Waals surface area contributed by atoms with Gasteiger partial charge in [-0.1, -0.05) is 32.6 Å². The van der Waals surface area contributed by atoms with Crippen LogP contribution in [-0.2, 0) is 9.47 Å². The lowest BCUT2D eigenvalue weighted by Crippen LogP contribution is -2.56. The van der Waals surface area contributed by atoms with Crippen LogP contribution >= 0.6 is 0 Å². The summed E-state index contributed by atoms with van der Waals surface area (Å²) in [5.74, 6) is 0.631. The summed E-state index contributed by atoms with van der Waals surface area (Å²) in [6, 6.07) is 0.475. The highest BCUT2D eigenvalue weighted by Gasteiger charge is 2.44. The lowest BCUT2D eigenvalue weighted by Gasteiger charge is -2.43. The molecule has 0 bridgehead atoms. The summed E-state index contributed by atoms with van der Waals surface area (Å²) < 4.78 is 12.1. The van der Waals surface area contributed by atoms with Crippen molar-refractivity contribution in [3.05, 3.63) is 0 Å². The summed E-state index contributed by atoms with van der Waals surface area (Å²) in [6.07, 6.45) is 10.2. The van der Waals surface area contributed by atoms with Crippen molar-refractivity contribution in [3.8, 4) is 0 Å². The average molecular weight is 283 g/mol. The van der Waals surface area contributed by atoms with E-state index in [9.17, 15) is 0 Å². The summed E-state index contributed by atoms with van der Waals surface area (Å²) in [7, 11) is 0. The molecular formula is C17H33NO2. The molecule has 1 saturated heterocycles. The maximum atomic E-state index is 6.40. The van der Waals surface area contributed by atoms with E-state index in [-0.39, 0.29) is 5.60 Å². The van der Waals surface area contributed by atoms with E-state index in [1.807, 2.05) is 0 Å². The maximum Gasteiger partial charge on any atom is 0.0838 e. The molecule has 1 aliphatic heterocycles. The SMILES string of the molecule is CCCNC(C1CCOC1)C1(OCC)CCCCCC1. The quantitative estimate of drug-likeness (QED) is 0.725. The minimum absolute atomic E-state index is 0.0544. The Morgan fingerprint density at radius 1 is 1.20 bits per heavy atom. The highest BCUT2D eigenvalue weighted by Crippen LogP contribution is 2.38. The normalized spacial score (nSPS) is 28.2. The first-order chi connectivity index (χ1) is 9.82. The first-order valence-electron chi connectivity index (χ1n) is 8.77. The molecule has 2 fully saturated rings. The number of nitrogens with one attached hydrogen (secondary N) is 1. The minimum Gasteiger partial charge on any atom is -0.381 e. The largest absolute Gasteiger partial charge is 0.381 e. The van der Waals surface area contributed by atoms with Crippen molar-refractivity contribution < 1.29 is 9.47 Å². The Morgan fingerprint density at radius 3 is 2.50 bits per heavy atom. The molecule has 2 rings (SSSR count). The van der Waals surface area contributed by atoms with Crippen LogP contribution in [0.25, 0.3) is 0 Å². The van der Waals surface area contributed by atoms with Crippen molar-refractivity contribution in [1.29, 1.82) is 0 Å². The van der Waals surface area contributed by atoms with Crippen LogP contribution < -0.4 is 5.32 Å². The minimum atomic E-state index is 0.0544. The van der Waals surface area contributed by atoms with Gasteiger partial charge < -0.3 is 14.8 Å². The smallest absolute Gasteiger partial charge is 0.0838 e. The summed E-state index contributed by atoms with van der Waals surface area (Å²) in [4.78, 5) is 0. The first kappa shape index (κ1) is 16.3. The number of hydrogen-bond donors (Lipinski definition) is 1. The predicted octanol–water partition coefficient (Wildman–Crippen LogP) is 3.52. The molecule has 0 radical (unpaired) electrons. The number of ether oxygens (including phenoxy) is 2. The maximum absolute atomic E-state index is 6.40. The number of hydrogen-bond acceptors (Lipinski definition) is 3. The van der Waals surface area contributed by atoms with Gasteiger partial charge in [0.25, 0.3) is 0 Å². The van der Waals surface area contributed by atoms with Gasteiger partial charge in [0.2, 0.25) is 0 Å². The van der Waals surface area contributed by atoms with E-state index in [0.717, 1.165) is 26.4 Å². The summed E-state index contributed by atoms with van der Waals surface area (Å²) in [6.45, 7) is 8.16. The van der Waals surface area contributed by atoms with Crippen LogP contribution in [0.1, 0.15) is 65.2 Å². The molecule has 1 heterocycles. The standard InChI is InChI=1S/C17H33NO2/c1-3-12-18-16(15-9-13-19-14-15)17(20-4-2)10-7-5-6-8-11-17/h15-16,18H,3-14H2,1-2H3. The highest BCUT2D eigenvalue weighted by atomic mass is 16.5. The molecule has 0 spiro atoms. The molecule has 0 aromatic carbocycles. The van der Waals surface area contributed by atoms with Crippen LogP contribution in [-0.4, -0.2) is 38.0 Å². The second kappa shape index (κ2) is 8.35. The average Bonchev–Trinajstić information content (AvgIpc) is 2.87. The Morgan fingerprint density at radius 2 is 1.95 bits per heavy atom. The van der Waals surface area contributed by atoms with Crippen LogP contribution in [0.15, 0.2) is 0 Å². The molecule has 0 aromatic rings. The molecule has 20 heavy (non-hydrogen) atoms. The van der Waals surface area contributed by atoms with Gasteiger partial charge in [0.05, 0.1) is 12.2 Å². The van der Waals surface area contributed by atoms with Gasteiger partial charge >= 0.3 is 0 Å². The first-order valence-corrected chi connectivity index (χ1v) is 8.77. The zero-order chi connectivity index (χ0) is 14.3. The highest BCUT2D eigenvalue weighted by molar-refractivity contribution is 4.99. The summed E-state index contributed by atoms with van der Waals surface area (Å²) in [5.41, 5.74) is 0.0544. The zero-order valence-corrected chi connectivity index (χ0v) is 13.5. The number of rotatable bonds is 7. The molecule has 2 atom stereocenters. The van der Waals surface area contributed by atoms with Crippen LogP contribution in [0.4, 0.5) is 0 Å². The fourth-order valence-electron chi connectivity index (χ4n) is 4.06. The molecule has 3 heteroatoms. The van der Waals surface area contributed by atoms with Gasteiger partial charge in [0.1, 0.15) is 0 Å². The molecule has 1 aliphatic carbocycles. The van der Waals surface area contributed by atoms with Crippen LogP contribution in [0.5, 0.6) is 0 Å². The molecule has 2 unspecified atom stereocenters. The van der Waals surface area contributed by atoms with Crippen molar-refractivity contribution in [2.45, 2.75) is 76.9 Å². The van der Waals surface area contributed by atoms with Crippen molar-refractivity contribution in [2.24, 2.45) is 5.92 Å². The third kappa shape index (κ3) is 3.96. The van der Waals surface area contributed by atoms with Gasteiger partial charge in [-0.25, -0.2) is 0 Å². The van der Waals surface area contributed by atoms with Crippen LogP contribution in [0.2, 0.25) is 0 Å². The molecule has 0 aromatic heterocycles. The van der Waals surface area contributed by atoms with E-state index < -0.39 is 0 Å². The van der Waals surface area contributed by atoms with Gasteiger partial charge in [-0.2, -0.15) is 0 Å². The molecule has 1 N–H and O–H groups in total. The Labute approximate surface area is 124 Å². The third-order valence-corrected chi connectivity index (χ3v) is 5.00. The zero-order valence-electron chi connectivity index (χ0n) is 13.5. The van der Waals surface area contributed by atoms with Gasteiger partial charge in [-0.05, 0) is 39.2 Å². The van der Waals surface area contributed by atoms with Gasteiger partial charge in [0.15, 0.2) is 0 Å². The lowest BCUT2D eigenvalue weighted by atomic mass is 9.78. The monoisotopic (exact) mass is 283 g/mol. The van der Waals surface area contributed by atoms with Crippen LogP contribution in [0.3, 0.4) is 0 Å². The molecule has 1 saturated carbocycles. The van der Waals surface area contributed by atoms with E-state index in [1.165, 1.54) is 51.4 Å². The van der Waals surface area contributed by atoms with E-state index in [1.54, 1.807) is 0 Å². The summed E-state index contributed by atoms with van der Waals surface area (Å²) in [5, 5.41) is 3.83. The fraction of sp³-hybridized carbons (Fsp3) is 1.00. The van der Waals surface area contributed by atoms with Gasteiger partial charge in [0, 0.05) is 25.2 Å². The van der Waals surface area contributed by atoms with Crippen molar-refractivity contribution in [1.82, 2.24) is 5.32 Å². The van der Waals surface area contributed by atoms with E-state index in [2.05, 4.69) is 19.2 Å². The second-order valence-electron chi connectivity index (χ2n) is 6.47. The predicted molar refractivity (Wildman–Crippen MR) is 83.1 cm³/mol. The van der Waals surface area contributed by atoms with E-state index >= 15 is 0 Å². The molecule has 118 valence electrons.